The van der Waals surface area contributed by atoms with E-state index in [1.165, 1.54) is 12.7 Å². The van der Waals surface area contributed by atoms with E-state index < -0.39 is 6.09 Å². The maximum absolute atomic E-state index is 11.1. The number of benzene rings is 2. The molecule has 0 unspecified atom stereocenters. The van der Waals surface area contributed by atoms with E-state index in [0.717, 1.165) is 16.7 Å². The summed E-state index contributed by atoms with van der Waals surface area (Å²) in [4.78, 5) is 11.1. The van der Waals surface area contributed by atoms with Crippen LogP contribution in [0.25, 0.3) is 0 Å². The lowest BCUT2D eigenvalue weighted by atomic mass is 10.2. The van der Waals surface area contributed by atoms with Gasteiger partial charge in [0.05, 0.1) is 7.11 Å². The second-order valence-corrected chi connectivity index (χ2v) is 5.09. The average molecular weight is 335 g/mol. The summed E-state index contributed by atoms with van der Waals surface area (Å²) in [6, 6.07) is 15.6. The molecule has 0 saturated heterocycles. The minimum absolute atomic E-state index is 0.472. The topological polar surface area (TPSA) is 50.4 Å². The number of nitrogens with one attached hydrogen (secondary N) is 2. The number of ether oxygens (including phenoxy) is 1. The van der Waals surface area contributed by atoms with Gasteiger partial charge in [-0.2, -0.15) is 0 Å². The molecule has 0 aliphatic carbocycles. The van der Waals surface area contributed by atoms with Crippen LogP contribution in [0, 0.1) is 0 Å². The molecule has 2 aromatic carbocycles. The molecular formula is C15H15BrN2O2. The first-order valence-electron chi connectivity index (χ1n) is 6.11. The molecule has 0 spiro atoms. The van der Waals surface area contributed by atoms with Crippen molar-refractivity contribution >= 4 is 33.4 Å². The van der Waals surface area contributed by atoms with Crippen molar-refractivity contribution in [2.45, 2.75) is 6.54 Å². The van der Waals surface area contributed by atoms with Crippen LogP contribution in [-0.2, 0) is 11.3 Å². The Morgan fingerprint density at radius 3 is 2.50 bits per heavy atom. The molecule has 0 radical (unpaired) electrons. The first-order chi connectivity index (χ1) is 9.67. The van der Waals surface area contributed by atoms with E-state index in [1.807, 2.05) is 36.4 Å². The fourth-order valence-corrected chi connectivity index (χ4v) is 2.14. The fourth-order valence-electron chi connectivity index (χ4n) is 1.69. The number of hydrogen-bond donors (Lipinski definition) is 2. The van der Waals surface area contributed by atoms with Gasteiger partial charge in [0, 0.05) is 22.4 Å². The molecule has 0 aromatic heterocycles. The third-order valence-corrected chi connectivity index (χ3v) is 3.20. The third-order valence-electron chi connectivity index (χ3n) is 2.70. The lowest BCUT2D eigenvalue weighted by Gasteiger charge is -2.08. The highest BCUT2D eigenvalue weighted by atomic mass is 79.9. The van der Waals surface area contributed by atoms with Crippen LogP contribution < -0.4 is 10.6 Å². The predicted octanol–water partition coefficient (Wildman–Crippen LogP) is 4.24. The lowest BCUT2D eigenvalue weighted by Crippen LogP contribution is -2.10. The number of hydrogen-bond acceptors (Lipinski definition) is 3. The molecule has 0 atom stereocenters. The van der Waals surface area contributed by atoms with Crippen LogP contribution in [0.4, 0.5) is 16.2 Å². The van der Waals surface area contributed by atoms with Crippen molar-refractivity contribution in [3.8, 4) is 0 Å². The van der Waals surface area contributed by atoms with Crippen molar-refractivity contribution in [1.82, 2.24) is 0 Å². The zero-order chi connectivity index (χ0) is 14.4. The second-order valence-electron chi connectivity index (χ2n) is 4.18. The van der Waals surface area contributed by atoms with Crippen LogP contribution in [0.2, 0.25) is 0 Å². The second kappa shape index (κ2) is 6.96. The number of rotatable bonds is 4. The Bertz CT molecular complexity index is 585. The molecule has 2 N–H and O–H groups in total. The summed E-state index contributed by atoms with van der Waals surface area (Å²) in [5, 5.41) is 5.92. The first-order valence-corrected chi connectivity index (χ1v) is 6.90. The molecule has 20 heavy (non-hydrogen) atoms. The van der Waals surface area contributed by atoms with E-state index in [2.05, 4.69) is 43.4 Å². The number of anilines is 2. The monoisotopic (exact) mass is 334 g/mol. The van der Waals surface area contributed by atoms with Gasteiger partial charge in [-0.25, -0.2) is 4.79 Å². The van der Waals surface area contributed by atoms with Crippen LogP contribution in [0.1, 0.15) is 5.56 Å². The highest BCUT2D eigenvalue weighted by molar-refractivity contribution is 9.10. The number of halogens is 1. The van der Waals surface area contributed by atoms with Crippen LogP contribution >= 0.6 is 15.9 Å². The van der Waals surface area contributed by atoms with Gasteiger partial charge in [0.15, 0.2) is 0 Å². The summed E-state index contributed by atoms with van der Waals surface area (Å²) in [5.74, 6) is 0. The smallest absolute Gasteiger partial charge is 0.411 e. The van der Waals surface area contributed by atoms with Gasteiger partial charge in [-0.3, -0.25) is 5.32 Å². The van der Waals surface area contributed by atoms with Gasteiger partial charge in [0.1, 0.15) is 0 Å². The SMILES string of the molecule is COC(=O)Nc1ccc(NCc2cccc(Br)c2)cc1. The van der Waals surface area contributed by atoms with Crippen molar-refractivity contribution in [3.05, 3.63) is 58.6 Å². The summed E-state index contributed by atoms with van der Waals surface area (Å²) in [6.45, 7) is 0.739. The molecule has 2 aromatic rings. The van der Waals surface area contributed by atoms with Crippen molar-refractivity contribution in [3.63, 3.8) is 0 Å². The first kappa shape index (κ1) is 14.4. The van der Waals surface area contributed by atoms with E-state index in [-0.39, 0.29) is 0 Å². The molecule has 0 aliphatic rings. The summed E-state index contributed by atoms with van der Waals surface area (Å²) in [6.07, 6.45) is -0.472. The van der Waals surface area contributed by atoms with Crippen molar-refractivity contribution < 1.29 is 9.53 Å². The molecule has 1 amide bonds. The summed E-state index contributed by atoms with van der Waals surface area (Å²) >= 11 is 3.45. The van der Waals surface area contributed by atoms with Crippen LogP contribution in [0.3, 0.4) is 0 Å². The van der Waals surface area contributed by atoms with Gasteiger partial charge >= 0.3 is 6.09 Å². The predicted molar refractivity (Wildman–Crippen MR) is 83.9 cm³/mol. The lowest BCUT2D eigenvalue weighted by molar-refractivity contribution is 0.187. The number of methoxy groups -OCH3 is 1. The zero-order valence-electron chi connectivity index (χ0n) is 11.0. The molecule has 4 nitrogen and oxygen atoms in total. The fraction of sp³-hybridized carbons (Fsp3) is 0.133. The van der Waals surface area contributed by atoms with Crippen molar-refractivity contribution in [2.24, 2.45) is 0 Å². The van der Waals surface area contributed by atoms with Gasteiger partial charge in [-0.15, -0.1) is 0 Å². The Kier molecular flexibility index (Phi) is 5.01. The van der Waals surface area contributed by atoms with Crippen LogP contribution in [0.5, 0.6) is 0 Å². The Morgan fingerprint density at radius 1 is 1.15 bits per heavy atom. The summed E-state index contributed by atoms with van der Waals surface area (Å²) < 4.78 is 5.60. The molecule has 5 heteroatoms. The Balaban J connectivity index is 1.92. The highest BCUT2D eigenvalue weighted by Gasteiger charge is 2.00. The van der Waals surface area contributed by atoms with Gasteiger partial charge in [-0.1, -0.05) is 28.1 Å². The number of amides is 1. The van der Waals surface area contributed by atoms with Gasteiger partial charge < -0.3 is 10.1 Å². The quantitative estimate of drug-likeness (QED) is 0.879. The summed E-state index contributed by atoms with van der Waals surface area (Å²) in [5.41, 5.74) is 2.88. The minimum Gasteiger partial charge on any atom is -0.453 e. The standard InChI is InChI=1S/C15H15BrN2O2/c1-20-15(19)18-14-7-5-13(6-8-14)17-10-11-3-2-4-12(16)9-11/h2-9,17H,10H2,1H3,(H,18,19). The zero-order valence-corrected chi connectivity index (χ0v) is 12.6. The van der Waals surface area contributed by atoms with Crippen molar-refractivity contribution in [2.75, 3.05) is 17.7 Å². The van der Waals surface area contributed by atoms with E-state index in [4.69, 9.17) is 0 Å². The molecule has 0 saturated carbocycles. The maximum Gasteiger partial charge on any atom is 0.411 e. The van der Waals surface area contributed by atoms with Gasteiger partial charge in [-0.05, 0) is 42.0 Å². The van der Waals surface area contributed by atoms with E-state index >= 15 is 0 Å². The van der Waals surface area contributed by atoms with Gasteiger partial charge in [0.25, 0.3) is 0 Å². The average Bonchev–Trinajstić information content (AvgIpc) is 2.46. The van der Waals surface area contributed by atoms with Gasteiger partial charge in [0.2, 0.25) is 0 Å². The van der Waals surface area contributed by atoms with E-state index in [0.29, 0.717) is 5.69 Å². The molecule has 0 fully saturated rings. The largest absolute Gasteiger partial charge is 0.453 e. The normalized spacial score (nSPS) is 9.90. The highest BCUT2D eigenvalue weighted by Crippen LogP contribution is 2.16. The third kappa shape index (κ3) is 4.28. The number of carbonyl (C=O) groups is 1. The van der Waals surface area contributed by atoms with E-state index in [9.17, 15) is 4.79 Å². The van der Waals surface area contributed by atoms with Crippen LogP contribution in [0.15, 0.2) is 53.0 Å². The van der Waals surface area contributed by atoms with Crippen molar-refractivity contribution in [1.29, 1.82) is 0 Å². The maximum atomic E-state index is 11.1. The minimum atomic E-state index is -0.472. The molecule has 2 rings (SSSR count). The number of carbonyl (C=O) groups excluding carboxylic acids is 1. The van der Waals surface area contributed by atoms with Crippen LogP contribution in [-0.4, -0.2) is 13.2 Å². The summed E-state index contributed by atoms with van der Waals surface area (Å²) in [7, 11) is 1.34. The molecule has 0 aliphatic heterocycles. The van der Waals surface area contributed by atoms with E-state index in [1.54, 1.807) is 0 Å². The molecule has 104 valence electrons. The Labute approximate surface area is 126 Å². The molecule has 0 bridgehead atoms. The molecular weight excluding hydrogens is 320 g/mol. The Hall–Kier alpha value is -2.01. The molecule has 0 heterocycles. The Morgan fingerprint density at radius 2 is 1.85 bits per heavy atom.